The Morgan fingerprint density at radius 2 is 1.85 bits per heavy atom. The van der Waals surface area contributed by atoms with Crippen LogP contribution in [0.2, 0.25) is 0 Å². The van der Waals surface area contributed by atoms with Gasteiger partial charge in [0.25, 0.3) is 5.91 Å². The molecule has 206 valence electrons. The molecule has 12 heteroatoms. The molecule has 40 heavy (non-hydrogen) atoms. The molecule has 10 nitrogen and oxygen atoms in total. The summed E-state index contributed by atoms with van der Waals surface area (Å²) < 4.78 is 20.8. The van der Waals surface area contributed by atoms with Gasteiger partial charge in [0, 0.05) is 10.2 Å². The number of rotatable bonds is 9. The van der Waals surface area contributed by atoms with Crippen LogP contribution in [0, 0.1) is 0 Å². The number of hydrogen-bond acceptors (Lipinski definition) is 8. The van der Waals surface area contributed by atoms with Crippen LogP contribution in [0.5, 0.6) is 17.2 Å². The molecule has 1 amide bonds. The van der Waals surface area contributed by atoms with Crippen LogP contribution in [0.3, 0.4) is 0 Å². The zero-order valence-corrected chi connectivity index (χ0v) is 25.1. The number of ether oxygens (including phenoxy) is 3. The SMILES string of the molecule is CCOc1ccccc1NC(=O)C1=C(C)Nc2nnnn2C1c1cc(Br)c(OCc2ccc(Br)cc2)c(OC)c1. The number of methoxy groups -OCH3 is 1. The molecule has 0 aliphatic carbocycles. The van der Waals surface area contributed by atoms with E-state index in [2.05, 4.69) is 58.0 Å². The van der Waals surface area contributed by atoms with E-state index in [-0.39, 0.29) is 5.91 Å². The van der Waals surface area contributed by atoms with E-state index in [1.807, 2.05) is 68.4 Å². The highest BCUT2D eigenvalue weighted by atomic mass is 79.9. The van der Waals surface area contributed by atoms with Gasteiger partial charge in [0.1, 0.15) is 18.4 Å². The predicted octanol–water partition coefficient (Wildman–Crippen LogP) is 6.11. The molecule has 5 rings (SSSR count). The Labute approximate surface area is 248 Å². The first-order valence-electron chi connectivity index (χ1n) is 12.4. The van der Waals surface area contributed by atoms with E-state index in [0.717, 1.165) is 15.6 Å². The minimum atomic E-state index is -0.656. The number of allylic oxidation sites excluding steroid dienone is 1. The molecule has 4 aromatic rings. The molecule has 0 saturated carbocycles. The smallest absolute Gasteiger partial charge is 0.255 e. The fourth-order valence-electron chi connectivity index (χ4n) is 4.43. The molecule has 1 aliphatic heterocycles. The van der Waals surface area contributed by atoms with Crippen molar-refractivity contribution in [2.45, 2.75) is 26.5 Å². The first kappa shape index (κ1) is 27.7. The molecule has 0 bridgehead atoms. The zero-order valence-electron chi connectivity index (χ0n) is 21.9. The summed E-state index contributed by atoms with van der Waals surface area (Å²) in [6, 6.07) is 18.2. The number of amides is 1. The number of fused-ring (bicyclic) bond motifs is 1. The Balaban J connectivity index is 1.51. The van der Waals surface area contributed by atoms with Crippen LogP contribution >= 0.6 is 31.9 Å². The highest BCUT2D eigenvalue weighted by molar-refractivity contribution is 9.10. The number of nitrogens with one attached hydrogen (secondary N) is 2. The van der Waals surface area contributed by atoms with Gasteiger partial charge in [0.05, 0.1) is 29.4 Å². The highest BCUT2D eigenvalue weighted by Gasteiger charge is 2.35. The van der Waals surface area contributed by atoms with Gasteiger partial charge in [0.15, 0.2) is 11.5 Å². The summed E-state index contributed by atoms with van der Waals surface area (Å²) in [5.74, 6) is 1.70. The van der Waals surface area contributed by atoms with Crippen molar-refractivity contribution in [1.82, 2.24) is 20.2 Å². The van der Waals surface area contributed by atoms with Gasteiger partial charge in [-0.05, 0) is 87.7 Å². The first-order chi connectivity index (χ1) is 19.4. The molecule has 1 aromatic heterocycles. The van der Waals surface area contributed by atoms with E-state index in [0.29, 0.717) is 57.8 Å². The summed E-state index contributed by atoms with van der Waals surface area (Å²) in [7, 11) is 1.57. The van der Waals surface area contributed by atoms with Crippen molar-refractivity contribution in [2.75, 3.05) is 24.4 Å². The Morgan fingerprint density at radius 1 is 1.07 bits per heavy atom. The van der Waals surface area contributed by atoms with Gasteiger partial charge >= 0.3 is 0 Å². The zero-order chi connectivity index (χ0) is 28.2. The quantitative estimate of drug-likeness (QED) is 0.220. The molecule has 3 aromatic carbocycles. The maximum Gasteiger partial charge on any atom is 0.255 e. The average molecular weight is 670 g/mol. The fourth-order valence-corrected chi connectivity index (χ4v) is 5.27. The normalized spacial score (nSPS) is 14.3. The third kappa shape index (κ3) is 5.68. The van der Waals surface area contributed by atoms with E-state index < -0.39 is 6.04 Å². The highest BCUT2D eigenvalue weighted by Crippen LogP contribution is 2.43. The van der Waals surface area contributed by atoms with Crippen molar-refractivity contribution < 1.29 is 19.0 Å². The van der Waals surface area contributed by atoms with Gasteiger partial charge in [0.2, 0.25) is 5.95 Å². The minimum Gasteiger partial charge on any atom is -0.493 e. The second-order valence-corrected chi connectivity index (χ2v) is 10.6. The molecule has 0 saturated heterocycles. The van der Waals surface area contributed by atoms with Gasteiger partial charge in [-0.15, -0.1) is 0 Å². The van der Waals surface area contributed by atoms with E-state index in [9.17, 15) is 4.79 Å². The average Bonchev–Trinajstić information content (AvgIpc) is 3.41. The van der Waals surface area contributed by atoms with Crippen LogP contribution in [0.25, 0.3) is 0 Å². The second-order valence-electron chi connectivity index (χ2n) is 8.85. The molecule has 1 aliphatic rings. The Kier molecular flexibility index (Phi) is 8.36. The topological polar surface area (TPSA) is 112 Å². The van der Waals surface area contributed by atoms with Crippen molar-refractivity contribution in [3.05, 3.63) is 92.0 Å². The Bertz CT molecular complexity index is 1570. The van der Waals surface area contributed by atoms with Crippen molar-refractivity contribution in [3.63, 3.8) is 0 Å². The number of carbonyl (C=O) groups is 1. The molecule has 0 radical (unpaired) electrons. The number of hydrogen-bond donors (Lipinski definition) is 2. The summed E-state index contributed by atoms with van der Waals surface area (Å²) >= 11 is 7.10. The second kappa shape index (κ2) is 12.1. The van der Waals surface area contributed by atoms with E-state index in [4.69, 9.17) is 14.2 Å². The minimum absolute atomic E-state index is 0.325. The standard InChI is InChI=1S/C28H26Br2N6O4/c1-4-39-22-8-6-5-7-21(22)32-27(37)24-16(2)31-28-33-34-35-36(28)25(24)18-13-20(30)26(23(14-18)38-3)40-15-17-9-11-19(29)12-10-17/h5-14,25H,4,15H2,1-3H3,(H,32,37)(H,31,33,35). The number of tetrazole rings is 1. The maximum atomic E-state index is 13.8. The van der Waals surface area contributed by atoms with Gasteiger partial charge < -0.3 is 24.8 Å². The molecular weight excluding hydrogens is 644 g/mol. The first-order valence-corrected chi connectivity index (χ1v) is 14.0. The summed E-state index contributed by atoms with van der Waals surface area (Å²) in [5.41, 5.74) is 3.33. The van der Waals surface area contributed by atoms with Gasteiger partial charge in [-0.3, -0.25) is 4.79 Å². The number of halogens is 2. The van der Waals surface area contributed by atoms with Crippen molar-refractivity contribution in [3.8, 4) is 17.2 Å². The van der Waals surface area contributed by atoms with Crippen molar-refractivity contribution in [2.24, 2.45) is 0 Å². The van der Waals surface area contributed by atoms with Crippen molar-refractivity contribution >= 4 is 49.4 Å². The Hall–Kier alpha value is -3.90. The summed E-state index contributed by atoms with van der Waals surface area (Å²) in [4.78, 5) is 13.8. The number of carbonyl (C=O) groups excluding carboxylic acids is 1. The third-order valence-electron chi connectivity index (χ3n) is 6.26. The molecule has 1 atom stereocenters. The Morgan fingerprint density at radius 3 is 2.60 bits per heavy atom. The maximum absolute atomic E-state index is 13.8. The van der Waals surface area contributed by atoms with Crippen LogP contribution in [0.1, 0.15) is 31.0 Å². The third-order valence-corrected chi connectivity index (χ3v) is 7.38. The molecule has 2 N–H and O–H groups in total. The molecule has 0 spiro atoms. The van der Waals surface area contributed by atoms with Gasteiger partial charge in [-0.2, -0.15) is 4.68 Å². The molecule has 2 heterocycles. The molecule has 0 fully saturated rings. The fraction of sp³-hybridized carbons (Fsp3) is 0.214. The summed E-state index contributed by atoms with van der Waals surface area (Å²) in [5, 5.41) is 18.2. The van der Waals surface area contributed by atoms with Gasteiger partial charge in [-0.1, -0.05) is 45.3 Å². The monoisotopic (exact) mass is 668 g/mol. The molecule has 1 unspecified atom stereocenters. The number of aromatic nitrogens is 4. The number of anilines is 2. The van der Waals surface area contributed by atoms with E-state index in [1.54, 1.807) is 17.9 Å². The largest absolute Gasteiger partial charge is 0.493 e. The van der Waals surface area contributed by atoms with Crippen LogP contribution in [-0.4, -0.2) is 39.8 Å². The lowest BCUT2D eigenvalue weighted by atomic mass is 9.94. The lowest BCUT2D eigenvalue weighted by molar-refractivity contribution is -0.113. The van der Waals surface area contributed by atoms with Crippen LogP contribution in [0.15, 0.2) is 80.9 Å². The summed E-state index contributed by atoms with van der Waals surface area (Å²) in [6.45, 7) is 4.52. The van der Waals surface area contributed by atoms with Crippen molar-refractivity contribution in [1.29, 1.82) is 0 Å². The van der Waals surface area contributed by atoms with Gasteiger partial charge in [-0.25, -0.2) is 0 Å². The number of para-hydroxylation sites is 2. The van der Waals surface area contributed by atoms with E-state index >= 15 is 0 Å². The number of nitrogens with zero attached hydrogens (tertiary/aromatic N) is 4. The lowest BCUT2D eigenvalue weighted by Gasteiger charge is -2.29. The number of benzene rings is 3. The predicted molar refractivity (Wildman–Crippen MR) is 158 cm³/mol. The van der Waals surface area contributed by atoms with Crippen LogP contribution in [-0.2, 0) is 11.4 Å². The van der Waals surface area contributed by atoms with Crippen LogP contribution in [0.4, 0.5) is 11.6 Å². The summed E-state index contributed by atoms with van der Waals surface area (Å²) in [6.07, 6.45) is 0. The van der Waals surface area contributed by atoms with E-state index in [1.165, 1.54) is 0 Å². The van der Waals surface area contributed by atoms with Crippen LogP contribution < -0.4 is 24.8 Å². The lowest BCUT2D eigenvalue weighted by Crippen LogP contribution is -2.31. The molecular formula is C28H26Br2N6O4.